The third-order valence-electron chi connectivity index (χ3n) is 3.54. The van der Waals surface area contributed by atoms with E-state index in [2.05, 4.69) is 0 Å². The molecule has 0 fully saturated rings. The van der Waals surface area contributed by atoms with Crippen LogP contribution >= 0.6 is 0 Å². The fourth-order valence-corrected chi connectivity index (χ4v) is 2.35. The quantitative estimate of drug-likeness (QED) is 0.795. The number of ether oxygens (including phenoxy) is 2. The number of nitrogens with zero attached hydrogens (tertiary/aromatic N) is 1. The zero-order valence-electron chi connectivity index (χ0n) is 12.9. The van der Waals surface area contributed by atoms with Gasteiger partial charge in [-0.05, 0) is 48.4 Å². The molecular formula is C17H21NO4. The first kappa shape index (κ1) is 16.3. The van der Waals surface area contributed by atoms with Gasteiger partial charge in [-0.2, -0.15) is 0 Å². The van der Waals surface area contributed by atoms with E-state index in [0.29, 0.717) is 18.7 Å². The predicted molar refractivity (Wildman–Crippen MR) is 85.1 cm³/mol. The molecule has 0 atom stereocenters. The van der Waals surface area contributed by atoms with E-state index in [1.165, 1.54) is 0 Å². The summed E-state index contributed by atoms with van der Waals surface area (Å²) < 4.78 is 11.9. The zero-order chi connectivity index (χ0) is 15.9. The van der Waals surface area contributed by atoms with Gasteiger partial charge in [-0.1, -0.05) is 0 Å². The van der Waals surface area contributed by atoms with Gasteiger partial charge in [0, 0.05) is 25.8 Å². The standard InChI is InChI=1S/C17H21NO4/c1-21-11-3-10-18-16(9-6-14(12-19)17(18)20)13-4-7-15(22-2)8-5-13/h4-9,19H,3,10-12H2,1-2H3. The van der Waals surface area contributed by atoms with Gasteiger partial charge in [0.15, 0.2) is 0 Å². The molecule has 1 aromatic carbocycles. The molecular weight excluding hydrogens is 282 g/mol. The molecule has 1 N–H and O–H groups in total. The molecule has 0 aliphatic heterocycles. The van der Waals surface area contributed by atoms with Crippen LogP contribution in [0.3, 0.4) is 0 Å². The van der Waals surface area contributed by atoms with Crippen molar-refractivity contribution in [3.05, 3.63) is 52.3 Å². The van der Waals surface area contributed by atoms with Crippen molar-refractivity contribution < 1.29 is 14.6 Å². The first-order chi connectivity index (χ1) is 10.7. The molecule has 2 aromatic rings. The van der Waals surface area contributed by atoms with E-state index >= 15 is 0 Å². The van der Waals surface area contributed by atoms with E-state index in [9.17, 15) is 9.90 Å². The Morgan fingerprint density at radius 3 is 2.41 bits per heavy atom. The number of hydrogen-bond acceptors (Lipinski definition) is 4. The van der Waals surface area contributed by atoms with Crippen LogP contribution in [0.1, 0.15) is 12.0 Å². The number of rotatable bonds is 7. The summed E-state index contributed by atoms with van der Waals surface area (Å²) in [5.74, 6) is 0.768. The van der Waals surface area contributed by atoms with Crippen LogP contribution in [-0.4, -0.2) is 30.5 Å². The molecule has 0 radical (unpaired) electrons. The molecule has 0 amide bonds. The highest BCUT2D eigenvalue weighted by Crippen LogP contribution is 2.22. The lowest BCUT2D eigenvalue weighted by Gasteiger charge is -2.14. The maximum absolute atomic E-state index is 12.4. The molecule has 5 heteroatoms. The minimum absolute atomic E-state index is 0.160. The average molecular weight is 303 g/mol. The number of methoxy groups -OCH3 is 2. The summed E-state index contributed by atoms with van der Waals surface area (Å²) in [7, 11) is 3.25. The zero-order valence-corrected chi connectivity index (χ0v) is 12.9. The van der Waals surface area contributed by atoms with Gasteiger partial charge in [-0.25, -0.2) is 0 Å². The summed E-state index contributed by atoms with van der Waals surface area (Å²) in [6.07, 6.45) is 0.731. The van der Waals surface area contributed by atoms with Crippen LogP contribution in [0.15, 0.2) is 41.2 Å². The first-order valence-corrected chi connectivity index (χ1v) is 7.18. The number of hydrogen-bond donors (Lipinski definition) is 1. The Labute approximate surface area is 129 Å². The van der Waals surface area contributed by atoms with Gasteiger partial charge >= 0.3 is 0 Å². The summed E-state index contributed by atoms with van der Waals surface area (Å²) in [5, 5.41) is 9.29. The minimum atomic E-state index is -0.258. The summed E-state index contributed by atoms with van der Waals surface area (Å²) >= 11 is 0. The number of aliphatic hydroxyl groups is 1. The lowest BCUT2D eigenvalue weighted by molar-refractivity contribution is 0.190. The second-order valence-corrected chi connectivity index (χ2v) is 4.93. The van der Waals surface area contributed by atoms with Crippen molar-refractivity contribution in [3.8, 4) is 17.0 Å². The first-order valence-electron chi connectivity index (χ1n) is 7.18. The van der Waals surface area contributed by atoms with E-state index < -0.39 is 0 Å². The van der Waals surface area contributed by atoms with E-state index in [1.54, 1.807) is 24.9 Å². The SMILES string of the molecule is COCCCn1c(-c2ccc(OC)cc2)ccc(CO)c1=O. The molecule has 5 nitrogen and oxygen atoms in total. The molecule has 1 aromatic heterocycles. The number of aliphatic hydroxyl groups excluding tert-OH is 1. The Morgan fingerprint density at radius 2 is 1.82 bits per heavy atom. The van der Waals surface area contributed by atoms with Gasteiger partial charge in [0.1, 0.15) is 5.75 Å². The third kappa shape index (κ3) is 3.55. The fraction of sp³-hybridized carbons (Fsp3) is 0.353. The van der Waals surface area contributed by atoms with Gasteiger partial charge in [-0.15, -0.1) is 0 Å². The molecule has 22 heavy (non-hydrogen) atoms. The Morgan fingerprint density at radius 1 is 1.09 bits per heavy atom. The third-order valence-corrected chi connectivity index (χ3v) is 3.54. The predicted octanol–water partition coefficient (Wildman–Crippen LogP) is 2.05. The van der Waals surface area contributed by atoms with Crippen LogP contribution in [0.4, 0.5) is 0 Å². The molecule has 118 valence electrons. The van der Waals surface area contributed by atoms with E-state index in [4.69, 9.17) is 9.47 Å². The van der Waals surface area contributed by atoms with Gasteiger partial charge in [0.25, 0.3) is 5.56 Å². The fourth-order valence-electron chi connectivity index (χ4n) is 2.35. The second-order valence-electron chi connectivity index (χ2n) is 4.93. The van der Waals surface area contributed by atoms with Crippen LogP contribution in [0, 0.1) is 0 Å². The van der Waals surface area contributed by atoms with E-state index in [0.717, 1.165) is 23.4 Å². The molecule has 0 aliphatic rings. The molecule has 0 bridgehead atoms. The number of benzene rings is 1. The van der Waals surface area contributed by atoms with Crippen molar-refractivity contribution in [2.24, 2.45) is 0 Å². The monoisotopic (exact) mass is 303 g/mol. The Hall–Kier alpha value is -2.11. The largest absolute Gasteiger partial charge is 0.497 e. The van der Waals surface area contributed by atoms with Crippen molar-refractivity contribution in [1.82, 2.24) is 4.57 Å². The van der Waals surface area contributed by atoms with Crippen molar-refractivity contribution >= 4 is 0 Å². The molecule has 0 unspecified atom stereocenters. The summed E-state index contributed by atoms with van der Waals surface area (Å²) in [6.45, 7) is 0.867. The smallest absolute Gasteiger partial charge is 0.256 e. The highest BCUT2D eigenvalue weighted by atomic mass is 16.5. The number of aromatic nitrogens is 1. The van der Waals surface area contributed by atoms with Crippen molar-refractivity contribution in [2.75, 3.05) is 20.8 Å². The van der Waals surface area contributed by atoms with Crippen LogP contribution in [0.25, 0.3) is 11.3 Å². The highest BCUT2D eigenvalue weighted by molar-refractivity contribution is 5.61. The van der Waals surface area contributed by atoms with Crippen LogP contribution in [0.2, 0.25) is 0 Å². The summed E-state index contributed by atoms with van der Waals surface area (Å²) in [4.78, 5) is 12.4. The Bertz CT molecular complexity index is 661. The van der Waals surface area contributed by atoms with Crippen LogP contribution in [-0.2, 0) is 17.9 Å². The molecule has 1 heterocycles. The normalized spacial score (nSPS) is 10.7. The maximum atomic E-state index is 12.4. The lowest BCUT2D eigenvalue weighted by Crippen LogP contribution is -2.25. The van der Waals surface area contributed by atoms with Crippen molar-refractivity contribution in [2.45, 2.75) is 19.6 Å². The van der Waals surface area contributed by atoms with Crippen LogP contribution in [0.5, 0.6) is 5.75 Å². The maximum Gasteiger partial charge on any atom is 0.256 e. The molecule has 2 rings (SSSR count). The van der Waals surface area contributed by atoms with Gasteiger partial charge in [0.2, 0.25) is 0 Å². The van der Waals surface area contributed by atoms with Gasteiger partial charge < -0.3 is 19.1 Å². The molecule has 0 saturated carbocycles. The Kier molecular flexibility index (Phi) is 5.75. The molecule has 0 spiro atoms. The molecule has 0 aliphatic carbocycles. The average Bonchev–Trinajstić information content (AvgIpc) is 2.56. The lowest BCUT2D eigenvalue weighted by atomic mass is 10.1. The summed E-state index contributed by atoms with van der Waals surface area (Å²) in [5.41, 5.74) is 1.99. The van der Waals surface area contributed by atoms with Crippen molar-refractivity contribution in [3.63, 3.8) is 0 Å². The van der Waals surface area contributed by atoms with Crippen LogP contribution < -0.4 is 10.3 Å². The summed E-state index contributed by atoms with van der Waals surface area (Å²) in [6, 6.07) is 11.1. The van der Waals surface area contributed by atoms with Gasteiger partial charge in [-0.3, -0.25) is 4.79 Å². The number of pyridine rings is 1. The van der Waals surface area contributed by atoms with E-state index in [1.807, 2.05) is 30.3 Å². The van der Waals surface area contributed by atoms with E-state index in [-0.39, 0.29) is 12.2 Å². The molecule has 0 saturated heterocycles. The topological polar surface area (TPSA) is 60.7 Å². The highest BCUT2D eigenvalue weighted by Gasteiger charge is 2.10. The Balaban J connectivity index is 2.43. The van der Waals surface area contributed by atoms with Crippen molar-refractivity contribution in [1.29, 1.82) is 0 Å². The minimum Gasteiger partial charge on any atom is -0.497 e. The second kappa shape index (κ2) is 7.77. The van der Waals surface area contributed by atoms with Gasteiger partial charge in [0.05, 0.1) is 19.4 Å².